The molecule has 0 aliphatic heterocycles. The van der Waals surface area contributed by atoms with Crippen molar-refractivity contribution >= 4 is 0 Å². The molecule has 1 saturated carbocycles. The maximum absolute atomic E-state index is 13.5. The molecule has 3 heteroatoms. The minimum atomic E-state index is -0.211. The molecule has 2 rings (SSSR count). The van der Waals surface area contributed by atoms with Crippen molar-refractivity contribution in [3.8, 4) is 5.75 Å². The lowest BCUT2D eigenvalue weighted by Gasteiger charge is -2.39. The van der Waals surface area contributed by atoms with Crippen LogP contribution in [0.1, 0.15) is 58.6 Å². The van der Waals surface area contributed by atoms with Gasteiger partial charge in [-0.3, -0.25) is 0 Å². The van der Waals surface area contributed by atoms with Crippen LogP contribution in [-0.2, 0) is 0 Å². The minimum absolute atomic E-state index is 0.0738. The molecule has 3 atom stereocenters. The van der Waals surface area contributed by atoms with Crippen molar-refractivity contribution in [2.75, 3.05) is 7.05 Å². The summed E-state index contributed by atoms with van der Waals surface area (Å²) >= 11 is 0. The Labute approximate surface area is 128 Å². The average molecular weight is 293 g/mol. The largest absolute Gasteiger partial charge is 0.490 e. The topological polar surface area (TPSA) is 21.3 Å². The van der Waals surface area contributed by atoms with E-state index in [2.05, 4.69) is 26.1 Å². The molecule has 0 radical (unpaired) electrons. The molecule has 1 aromatic carbocycles. The van der Waals surface area contributed by atoms with E-state index in [1.807, 2.05) is 14.0 Å². The third kappa shape index (κ3) is 4.19. The molecule has 21 heavy (non-hydrogen) atoms. The van der Waals surface area contributed by atoms with Gasteiger partial charge in [0.2, 0.25) is 0 Å². The summed E-state index contributed by atoms with van der Waals surface area (Å²) in [6.45, 7) is 8.93. The number of rotatable bonds is 4. The first-order valence-corrected chi connectivity index (χ1v) is 7.94. The highest BCUT2D eigenvalue weighted by molar-refractivity contribution is 5.36. The molecule has 1 N–H and O–H groups in total. The van der Waals surface area contributed by atoms with Gasteiger partial charge in [-0.1, -0.05) is 20.8 Å². The van der Waals surface area contributed by atoms with E-state index in [1.54, 1.807) is 12.1 Å². The van der Waals surface area contributed by atoms with Crippen molar-refractivity contribution in [1.29, 1.82) is 0 Å². The lowest BCUT2D eigenvalue weighted by Crippen LogP contribution is -2.34. The van der Waals surface area contributed by atoms with Gasteiger partial charge in [0.1, 0.15) is 11.6 Å². The molecule has 118 valence electrons. The second-order valence-corrected chi connectivity index (χ2v) is 7.35. The molecule has 0 spiro atoms. The summed E-state index contributed by atoms with van der Waals surface area (Å²) in [6, 6.07) is 4.90. The normalized spacial score (nSPS) is 26.4. The lowest BCUT2D eigenvalue weighted by molar-refractivity contribution is 0.0553. The van der Waals surface area contributed by atoms with E-state index < -0.39 is 0 Å². The second kappa shape index (κ2) is 6.35. The Morgan fingerprint density at radius 2 is 2.05 bits per heavy atom. The van der Waals surface area contributed by atoms with Gasteiger partial charge < -0.3 is 10.1 Å². The first-order valence-electron chi connectivity index (χ1n) is 7.94. The SMILES string of the molecule is CNC(C)c1cc(F)ccc1OC1CC(C)CC(C)(C)C1. The van der Waals surface area contributed by atoms with Crippen molar-refractivity contribution in [1.82, 2.24) is 5.32 Å². The van der Waals surface area contributed by atoms with Gasteiger partial charge in [0.15, 0.2) is 0 Å². The van der Waals surface area contributed by atoms with E-state index in [-0.39, 0.29) is 18.0 Å². The molecule has 1 fully saturated rings. The Balaban J connectivity index is 2.19. The highest BCUT2D eigenvalue weighted by Crippen LogP contribution is 2.40. The summed E-state index contributed by atoms with van der Waals surface area (Å²) in [5.74, 6) is 1.27. The summed E-state index contributed by atoms with van der Waals surface area (Å²) in [4.78, 5) is 0. The summed E-state index contributed by atoms with van der Waals surface area (Å²) < 4.78 is 19.8. The Morgan fingerprint density at radius 1 is 1.33 bits per heavy atom. The molecule has 0 bridgehead atoms. The van der Waals surface area contributed by atoms with Gasteiger partial charge in [0.05, 0.1) is 6.10 Å². The van der Waals surface area contributed by atoms with Crippen molar-refractivity contribution in [3.63, 3.8) is 0 Å². The fourth-order valence-corrected chi connectivity index (χ4v) is 3.65. The molecule has 2 nitrogen and oxygen atoms in total. The molecule has 0 amide bonds. The molecule has 0 heterocycles. The monoisotopic (exact) mass is 293 g/mol. The van der Waals surface area contributed by atoms with E-state index in [4.69, 9.17) is 4.74 Å². The van der Waals surface area contributed by atoms with Crippen molar-refractivity contribution in [2.45, 2.75) is 59.1 Å². The van der Waals surface area contributed by atoms with Gasteiger partial charge in [0.25, 0.3) is 0 Å². The quantitative estimate of drug-likeness (QED) is 0.869. The van der Waals surface area contributed by atoms with E-state index in [0.717, 1.165) is 24.2 Å². The first kappa shape index (κ1) is 16.3. The number of ether oxygens (including phenoxy) is 1. The summed E-state index contributed by atoms with van der Waals surface area (Å²) in [7, 11) is 1.88. The van der Waals surface area contributed by atoms with E-state index >= 15 is 0 Å². The fourth-order valence-electron chi connectivity index (χ4n) is 3.65. The maximum atomic E-state index is 13.5. The summed E-state index contributed by atoms with van der Waals surface area (Å²) in [5, 5.41) is 3.16. The van der Waals surface area contributed by atoms with Crippen molar-refractivity contribution in [3.05, 3.63) is 29.6 Å². The number of hydrogen-bond donors (Lipinski definition) is 1. The van der Waals surface area contributed by atoms with Gasteiger partial charge in [-0.2, -0.15) is 0 Å². The Bertz CT molecular complexity index is 486. The van der Waals surface area contributed by atoms with Crippen LogP contribution in [0, 0.1) is 17.2 Å². The van der Waals surface area contributed by atoms with E-state index in [9.17, 15) is 4.39 Å². The van der Waals surface area contributed by atoms with Gasteiger partial charge in [-0.05, 0) is 62.8 Å². The number of hydrogen-bond acceptors (Lipinski definition) is 2. The van der Waals surface area contributed by atoms with Crippen LogP contribution in [0.25, 0.3) is 0 Å². The lowest BCUT2D eigenvalue weighted by atomic mass is 9.71. The first-order chi connectivity index (χ1) is 9.80. The van der Waals surface area contributed by atoms with Crippen LogP contribution in [0.15, 0.2) is 18.2 Å². The van der Waals surface area contributed by atoms with E-state index in [1.165, 1.54) is 12.5 Å². The van der Waals surface area contributed by atoms with Gasteiger partial charge in [0, 0.05) is 11.6 Å². The summed E-state index contributed by atoms with van der Waals surface area (Å²) in [5.41, 5.74) is 1.21. The molecule has 1 aromatic rings. The zero-order valence-corrected chi connectivity index (χ0v) is 13.9. The highest BCUT2D eigenvalue weighted by atomic mass is 19.1. The van der Waals surface area contributed by atoms with Crippen LogP contribution >= 0.6 is 0 Å². The number of nitrogens with one attached hydrogen (secondary N) is 1. The van der Waals surface area contributed by atoms with Crippen LogP contribution < -0.4 is 10.1 Å². The average Bonchev–Trinajstić information content (AvgIpc) is 2.37. The molecule has 0 aromatic heterocycles. The molecular weight excluding hydrogens is 265 g/mol. The van der Waals surface area contributed by atoms with E-state index in [0.29, 0.717) is 11.3 Å². The zero-order chi connectivity index (χ0) is 15.6. The van der Waals surface area contributed by atoms with Crippen molar-refractivity contribution in [2.24, 2.45) is 11.3 Å². The van der Waals surface area contributed by atoms with Crippen molar-refractivity contribution < 1.29 is 9.13 Å². The van der Waals surface area contributed by atoms with Crippen LogP contribution in [0.3, 0.4) is 0 Å². The van der Waals surface area contributed by atoms with Crippen LogP contribution in [0.5, 0.6) is 5.75 Å². The zero-order valence-electron chi connectivity index (χ0n) is 13.9. The molecule has 1 aliphatic rings. The second-order valence-electron chi connectivity index (χ2n) is 7.35. The van der Waals surface area contributed by atoms with Crippen LogP contribution in [0.4, 0.5) is 4.39 Å². The summed E-state index contributed by atoms with van der Waals surface area (Å²) in [6.07, 6.45) is 3.60. The molecule has 0 saturated heterocycles. The standard InChI is InChI=1S/C18H28FNO/c1-12-8-15(11-18(3,4)10-12)21-17-7-6-14(19)9-16(17)13(2)20-5/h6-7,9,12-13,15,20H,8,10-11H2,1-5H3. The number of halogens is 1. The molecular formula is C18H28FNO. The molecule has 1 aliphatic carbocycles. The third-order valence-corrected chi connectivity index (χ3v) is 4.51. The Kier molecular flexibility index (Phi) is 4.92. The Hall–Kier alpha value is -1.09. The third-order valence-electron chi connectivity index (χ3n) is 4.51. The number of benzene rings is 1. The Morgan fingerprint density at radius 3 is 2.67 bits per heavy atom. The maximum Gasteiger partial charge on any atom is 0.124 e. The van der Waals surface area contributed by atoms with Gasteiger partial charge in [-0.15, -0.1) is 0 Å². The smallest absolute Gasteiger partial charge is 0.124 e. The molecule has 3 unspecified atom stereocenters. The predicted molar refractivity (Wildman–Crippen MR) is 85.1 cm³/mol. The minimum Gasteiger partial charge on any atom is -0.490 e. The van der Waals surface area contributed by atoms with Crippen LogP contribution in [-0.4, -0.2) is 13.2 Å². The fraction of sp³-hybridized carbons (Fsp3) is 0.667. The van der Waals surface area contributed by atoms with Gasteiger partial charge >= 0.3 is 0 Å². The van der Waals surface area contributed by atoms with Crippen LogP contribution in [0.2, 0.25) is 0 Å². The highest BCUT2D eigenvalue weighted by Gasteiger charge is 2.33. The predicted octanol–water partition coefficient (Wildman–Crippen LogP) is 4.70. The van der Waals surface area contributed by atoms with Gasteiger partial charge in [-0.25, -0.2) is 4.39 Å².